The molecule has 4 saturated carbocycles. The number of hydrogen-bond donors (Lipinski definition) is 0. The van der Waals surface area contributed by atoms with E-state index < -0.39 is 0 Å². The molecule has 3 nitrogen and oxygen atoms in total. The lowest BCUT2D eigenvalue weighted by atomic mass is 9.53. The summed E-state index contributed by atoms with van der Waals surface area (Å²) in [4.78, 5) is 0. The predicted molar refractivity (Wildman–Crippen MR) is 82.0 cm³/mol. The fourth-order valence-corrected chi connectivity index (χ4v) is 6.42. The highest BCUT2D eigenvalue weighted by molar-refractivity contribution is 5.16. The maximum Gasteiger partial charge on any atom is 0.0859 e. The summed E-state index contributed by atoms with van der Waals surface area (Å²) in [6, 6.07) is 0. The van der Waals surface area contributed by atoms with E-state index in [9.17, 15) is 0 Å². The first kappa shape index (κ1) is 12.7. The third-order valence-corrected chi connectivity index (χ3v) is 6.88. The standard InChI is InChI=1S/C18H27N3/c1-2-4-6-17-16(5-3-1)19-20-21(17)18-10-13-7-14(11-18)9-15(8-13)12-18/h13-15H,1-12H2. The zero-order chi connectivity index (χ0) is 13.9. The van der Waals surface area contributed by atoms with Crippen molar-refractivity contribution in [2.75, 3.05) is 0 Å². The smallest absolute Gasteiger partial charge is 0.0859 e. The van der Waals surface area contributed by atoms with Gasteiger partial charge in [0.1, 0.15) is 0 Å². The van der Waals surface area contributed by atoms with Crippen LogP contribution in [0.3, 0.4) is 0 Å². The van der Waals surface area contributed by atoms with Gasteiger partial charge < -0.3 is 0 Å². The molecule has 5 aliphatic carbocycles. The van der Waals surface area contributed by atoms with Gasteiger partial charge in [-0.3, -0.25) is 0 Å². The van der Waals surface area contributed by atoms with Gasteiger partial charge in [0.05, 0.1) is 16.9 Å². The zero-order valence-electron chi connectivity index (χ0n) is 13.1. The van der Waals surface area contributed by atoms with E-state index in [4.69, 9.17) is 5.21 Å². The molecule has 0 atom stereocenters. The number of aryl methyl sites for hydroxylation is 1. The zero-order valence-corrected chi connectivity index (χ0v) is 13.1. The summed E-state index contributed by atoms with van der Waals surface area (Å²) in [5.74, 6) is 2.97. The Balaban J connectivity index is 1.55. The Bertz CT molecular complexity index is 509. The van der Waals surface area contributed by atoms with Gasteiger partial charge in [0.2, 0.25) is 0 Å². The first-order chi connectivity index (χ1) is 10.3. The van der Waals surface area contributed by atoms with Crippen molar-refractivity contribution < 1.29 is 0 Å². The Labute approximate surface area is 127 Å². The largest absolute Gasteiger partial charge is 0.243 e. The third-order valence-electron chi connectivity index (χ3n) is 6.88. The molecule has 1 aromatic rings. The van der Waals surface area contributed by atoms with E-state index >= 15 is 0 Å². The van der Waals surface area contributed by atoms with Gasteiger partial charge in [-0.15, -0.1) is 5.10 Å². The Morgan fingerprint density at radius 2 is 1.43 bits per heavy atom. The summed E-state index contributed by atoms with van der Waals surface area (Å²) in [5, 5.41) is 9.37. The van der Waals surface area contributed by atoms with Crippen molar-refractivity contribution in [1.82, 2.24) is 15.0 Å². The highest BCUT2D eigenvalue weighted by atomic mass is 15.5. The molecule has 4 bridgehead atoms. The van der Waals surface area contributed by atoms with Crippen molar-refractivity contribution in [3.8, 4) is 0 Å². The monoisotopic (exact) mass is 285 g/mol. The summed E-state index contributed by atoms with van der Waals surface area (Å²) in [6.07, 6.45) is 16.5. The van der Waals surface area contributed by atoms with Crippen LogP contribution in [0.15, 0.2) is 0 Å². The molecule has 1 heterocycles. The van der Waals surface area contributed by atoms with Gasteiger partial charge in [-0.2, -0.15) is 0 Å². The first-order valence-corrected chi connectivity index (χ1v) is 9.26. The molecule has 1 aromatic heterocycles. The molecule has 0 N–H and O–H groups in total. The predicted octanol–water partition coefficient (Wildman–Crippen LogP) is 3.86. The lowest BCUT2D eigenvalue weighted by Gasteiger charge is -2.56. The van der Waals surface area contributed by atoms with Crippen LogP contribution in [0.1, 0.15) is 75.6 Å². The molecule has 0 saturated heterocycles. The Kier molecular flexibility index (Phi) is 2.75. The van der Waals surface area contributed by atoms with E-state index in [2.05, 4.69) is 9.78 Å². The molecular weight excluding hydrogens is 258 g/mol. The highest BCUT2D eigenvalue weighted by Gasteiger charge is 2.53. The minimum atomic E-state index is 0.370. The van der Waals surface area contributed by atoms with Crippen molar-refractivity contribution in [3.63, 3.8) is 0 Å². The van der Waals surface area contributed by atoms with E-state index in [0.29, 0.717) is 5.54 Å². The van der Waals surface area contributed by atoms with E-state index in [1.807, 2.05) is 0 Å². The molecule has 0 unspecified atom stereocenters. The van der Waals surface area contributed by atoms with Crippen molar-refractivity contribution >= 4 is 0 Å². The molecule has 21 heavy (non-hydrogen) atoms. The molecular formula is C18H27N3. The van der Waals surface area contributed by atoms with Gasteiger partial charge in [0.15, 0.2) is 0 Å². The summed E-state index contributed by atoms with van der Waals surface area (Å²) in [7, 11) is 0. The van der Waals surface area contributed by atoms with Gasteiger partial charge >= 0.3 is 0 Å². The Morgan fingerprint density at radius 1 is 0.810 bits per heavy atom. The summed E-state index contributed by atoms with van der Waals surface area (Å²) in [6.45, 7) is 0. The van der Waals surface area contributed by atoms with Crippen LogP contribution in [0.5, 0.6) is 0 Å². The summed E-state index contributed by atoms with van der Waals surface area (Å²) in [5.41, 5.74) is 3.23. The van der Waals surface area contributed by atoms with Crippen LogP contribution in [0, 0.1) is 17.8 Å². The number of aromatic nitrogens is 3. The van der Waals surface area contributed by atoms with Crippen LogP contribution in [-0.4, -0.2) is 15.0 Å². The van der Waals surface area contributed by atoms with Crippen molar-refractivity contribution in [1.29, 1.82) is 0 Å². The minimum Gasteiger partial charge on any atom is -0.243 e. The highest BCUT2D eigenvalue weighted by Crippen LogP contribution is 2.58. The molecule has 3 heteroatoms. The van der Waals surface area contributed by atoms with Crippen LogP contribution in [0.25, 0.3) is 0 Å². The first-order valence-electron chi connectivity index (χ1n) is 9.26. The number of hydrogen-bond acceptors (Lipinski definition) is 2. The minimum absolute atomic E-state index is 0.370. The third kappa shape index (κ3) is 1.92. The van der Waals surface area contributed by atoms with Gasteiger partial charge in [0, 0.05) is 0 Å². The SMILES string of the molecule is C1CCCc2c(nnn2C23CC4CC(CC(C4)C2)C3)CC1. The van der Waals surface area contributed by atoms with Gasteiger partial charge in [-0.05, 0) is 82.0 Å². The van der Waals surface area contributed by atoms with E-state index in [0.717, 1.165) is 17.8 Å². The Morgan fingerprint density at radius 3 is 2.10 bits per heavy atom. The second kappa shape index (κ2) is 4.57. The average Bonchev–Trinajstić information content (AvgIpc) is 2.79. The van der Waals surface area contributed by atoms with Gasteiger partial charge in [0.25, 0.3) is 0 Å². The van der Waals surface area contributed by atoms with E-state index in [-0.39, 0.29) is 0 Å². The molecule has 6 rings (SSSR count). The van der Waals surface area contributed by atoms with Gasteiger partial charge in [-0.1, -0.05) is 18.1 Å². The molecule has 5 aliphatic rings. The average molecular weight is 285 g/mol. The molecule has 0 radical (unpaired) electrons. The van der Waals surface area contributed by atoms with Crippen molar-refractivity contribution in [2.45, 2.75) is 82.6 Å². The van der Waals surface area contributed by atoms with Crippen LogP contribution in [0.2, 0.25) is 0 Å². The number of rotatable bonds is 1. The molecule has 114 valence electrons. The fourth-order valence-electron chi connectivity index (χ4n) is 6.42. The van der Waals surface area contributed by atoms with Crippen molar-refractivity contribution in [3.05, 3.63) is 11.4 Å². The quantitative estimate of drug-likeness (QED) is 0.784. The second-order valence-electron chi connectivity index (χ2n) is 8.45. The normalized spacial score (nSPS) is 41.6. The Hall–Kier alpha value is -0.860. The lowest BCUT2D eigenvalue weighted by Crippen LogP contribution is -2.52. The van der Waals surface area contributed by atoms with Crippen LogP contribution < -0.4 is 0 Å². The van der Waals surface area contributed by atoms with E-state index in [1.54, 1.807) is 0 Å². The lowest BCUT2D eigenvalue weighted by molar-refractivity contribution is -0.0516. The van der Waals surface area contributed by atoms with Crippen LogP contribution in [0.4, 0.5) is 0 Å². The molecule has 0 amide bonds. The molecule has 0 aromatic carbocycles. The molecule has 4 fully saturated rings. The van der Waals surface area contributed by atoms with E-state index in [1.165, 1.54) is 88.4 Å². The van der Waals surface area contributed by atoms with Gasteiger partial charge in [-0.25, -0.2) is 4.68 Å². The molecule has 0 aliphatic heterocycles. The summed E-state index contributed by atoms with van der Waals surface area (Å²) < 4.78 is 2.47. The maximum absolute atomic E-state index is 4.74. The van der Waals surface area contributed by atoms with Crippen LogP contribution >= 0.6 is 0 Å². The fraction of sp³-hybridized carbons (Fsp3) is 0.889. The summed E-state index contributed by atoms with van der Waals surface area (Å²) >= 11 is 0. The second-order valence-corrected chi connectivity index (χ2v) is 8.45. The maximum atomic E-state index is 4.74. The van der Waals surface area contributed by atoms with Crippen molar-refractivity contribution in [2.24, 2.45) is 17.8 Å². The van der Waals surface area contributed by atoms with Crippen LogP contribution in [-0.2, 0) is 18.4 Å². The topological polar surface area (TPSA) is 30.7 Å². The molecule has 0 spiro atoms. The number of fused-ring (bicyclic) bond motifs is 1. The number of nitrogens with zero attached hydrogens (tertiary/aromatic N) is 3.